The molecule has 1 unspecified atom stereocenters. The largest absolute Gasteiger partial charge is 0.595 e. The van der Waals surface area contributed by atoms with E-state index in [4.69, 9.17) is 0 Å². The number of benzene rings is 4. The van der Waals surface area contributed by atoms with Gasteiger partial charge in [0.05, 0.1) is 11.3 Å². The number of hydrogen-bond acceptors (Lipinski definition) is 10. The summed E-state index contributed by atoms with van der Waals surface area (Å²) in [5.74, 6) is -0.482. The first-order valence-electron chi connectivity index (χ1n) is 16.4. The summed E-state index contributed by atoms with van der Waals surface area (Å²) in [6.07, 6.45) is 3.06. The van der Waals surface area contributed by atoms with E-state index in [1.54, 1.807) is 54.4 Å². The molecule has 1 saturated heterocycles. The maximum absolute atomic E-state index is 13.0. The molecule has 5 N–H and O–H groups in total. The van der Waals surface area contributed by atoms with Crippen molar-refractivity contribution in [2.75, 3.05) is 48.7 Å². The number of quaternary nitrogens is 1. The molecule has 0 bridgehead atoms. The van der Waals surface area contributed by atoms with Crippen LogP contribution in [0.15, 0.2) is 125 Å². The zero-order valence-corrected chi connectivity index (χ0v) is 29.3. The second kappa shape index (κ2) is 17.4. The number of rotatable bonds is 14. The quantitative estimate of drug-likeness (QED) is 0.0410. The highest BCUT2D eigenvalue weighted by Crippen LogP contribution is 2.28. The Hall–Kier alpha value is -4.89. The monoisotopic (exact) mass is 722 g/mol. The number of hydrogen-bond donors (Lipinski definition) is 5. The van der Waals surface area contributed by atoms with Crippen molar-refractivity contribution in [3.8, 4) is 11.1 Å². The van der Waals surface area contributed by atoms with E-state index in [-0.39, 0.29) is 17.2 Å². The van der Waals surface area contributed by atoms with Crippen molar-refractivity contribution in [1.82, 2.24) is 14.6 Å². The molecular formula is C38H38N6O5S2. The summed E-state index contributed by atoms with van der Waals surface area (Å²) >= 11 is 2.78. The molecule has 1 aliphatic heterocycles. The lowest BCUT2D eigenvalue weighted by Crippen LogP contribution is -2.99. The molecule has 1 fully saturated rings. The summed E-state index contributed by atoms with van der Waals surface area (Å²) in [5.41, 5.74) is 5.27. The smallest absolute Gasteiger partial charge is 0.337 e. The second-order valence-electron chi connectivity index (χ2n) is 11.9. The first-order chi connectivity index (χ1) is 24.8. The van der Waals surface area contributed by atoms with Crippen LogP contribution in [0, 0.1) is 5.21 Å². The van der Waals surface area contributed by atoms with Gasteiger partial charge in [0.2, 0.25) is 0 Å². The average Bonchev–Trinajstić information content (AvgIpc) is 3.17. The van der Waals surface area contributed by atoms with Crippen molar-refractivity contribution < 1.29 is 25.1 Å². The molecule has 1 aromatic heterocycles. The van der Waals surface area contributed by atoms with E-state index < -0.39 is 11.2 Å². The summed E-state index contributed by atoms with van der Waals surface area (Å²) in [7, 11) is 0. The highest BCUT2D eigenvalue weighted by molar-refractivity contribution is 7.99. The van der Waals surface area contributed by atoms with Gasteiger partial charge in [-0.15, -0.1) is 11.8 Å². The fraction of sp³-hybridized carbons (Fsp3) is 0.184. The van der Waals surface area contributed by atoms with Gasteiger partial charge in [0.1, 0.15) is 0 Å². The van der Waals surface area contributed by atoms with Gasteiger partial charge in [0.25, 0.3) is 5.91 Å². The maximum Gasteiger partial charge on any atom is 0.337 e. The summed E-state index contributed by atoms with van der Waals surface area (Å²) in [4.78, 5) is 35.0. The molecule has 0 spiro atoms. The summed E-state index contributed by atoms with van der Waals surface area (Å²) in [6.45, 7) is 4.68. The van der Waals surface area contributed by atoms with Crippen LogP contribution in [0.3, 0.4) is 0 Å². The van der Waals surface area contributed by atoms with Crippen molar-refractivity contribution in [2.45, 2.75) is 16.3 Å². The highest BCUT2D eigenvalue weighted by atomic mass is 32.2. The van der Waals surface area contributed by atoms with Gasteiger partial charge in [-0.25, -0.2) is 10.0 Å². The molecule has 1 amide bonds. The summed E-state index contributed by atoms with van der Waals surface area (Å²) in [6, 6.07) is 32.3. The predicted molar refractivity (Wildman–Crippen MR) is 202 cm³/mol. The Kier molecular flexibility index (Phi) is 12.2. The molecule has 51 heavy (non-hydrogen) atoms. The fourth-order valence-electron chi connectivity index (χ4n) is 5.83. The molecule has 1 aliphatic rings. The number of pyridine rings is 1. The van der Waals surface area contributed by atoms with Gasteiger partial charge in [-0.05, 0) is 77.7 Å². The van der Waals surface area contributed by atoms with E-state index in [2.05, 4.69) is 30.9 Å². The van der Waals surface area contributed by atoms with E-state index in [0.29, 0.717) is 22.7 Å². The minimum atomic E-state index is -1.04. The molecule has 0 aliphatic carbocycles. The van der Waals surface area contributed by atoms with E-state index in [1.807, 2.05) is 60.7 Å². The number of carbonyl (C=O) groups is 2. The number of aromatic carboxylic acids is 1. The first kappa shape index (κ1) is 35.9. The Morgan fingerprint density at radius 2 is 1.59 bits per heavy atom. The molecule has 0 radical (unpaired) electrons. The van der Waals surface area contributed by atoms with Crippen LogP contribution in [0.5, 0.6) is 0 Å². The first-order valence-corrected chi connectivity index (χ1v) is 18.2. The minimum absolute atomic E-state index is 0.149. The number of nitrogens with one attached hydrogen (secondary N) is 3. The Labute approximate surface area is 305 Å². The van der Waals surface area contributed by atoms with Gasteiger partial charge < -0.3 is 20.5 Å². The lowest BCUT2D eigenvalue weighted by Gasteiger charge is -2.36. The van der Waals surface area contributed by atoms with Crippen LogP contribution in [0.1, 0.15) is 26.3 Å². The van der Waals surface area contributed by atoms with Gasteiger partial charge >= 0.3 is 5.97 Å². The van der Waals surface area contributed by atoms with Crippen LogP contribution in [0.4, 0.5) is 17.1 Å². The third-order valence-electron chi connectivity index (χ3n) is 8.49. The fourth-order valence-corrected chi connectivity index (χ4v) is 7.26. The van der Waals surface area contributed by atoms with Crippen molar-refractivity contribution >= 4 is 52.6 Å². The zero-order chi connectivity index (χ0) is 35.6. The third kappa shape index (κ3) is 9.67. The molecule has 262 valence electrons. The minimum Gasteiger partial charge on any atom is -0.595 e. The third-order valence-corrected chi connectivity index (χ3v) is 10.3. The molecule has 4 aromatic carbocycles. The Morgan fingerprint density at radius 3 is 2.33 bits per heavy atom. The predicted octanol–water partition coefficient (Wildman–Crippen LogP) is 5.81. The lowest BCUT2D eigenvalue weighted by molar-refractivity contribution is -0.990. The molecule has 2 heterocycles. The topological polar surface area (TPSA) is 146 Å². The highest BCUT2D eigenvalue weighted by Gasteiger charge is 2.20. The number of anilines is 2. The number of aromatic nitrogens is 1. The van der Waals surface area contributed by atoms with Gasteiger partial charge in [-0.2, -0.15) is 5.23 Å². The Morgan fingerprint density at radius 1 is 0.843 bits per heavy atom. The van der Waals surface area contributed by atoms with Crippen molar-refractivity contribution in [3.63, 3.8) is 0 Å². The number of amides is 1. The van der Waals surface area contributed by atoms with Crippen LogP contribution in [-0.4, -0.2) is 70.6 Å². The van der Waals surface area contributed by atoms with Gasteiger partial charge in [0, 0.05) is 90.1 Å². The SMILES string of the molecule is O=C(O)c1cncc(-c2ccccc2CN2CCN(c3ccc(C(=O)NSc4ccc(NCCSc5ccccc5)c([NH+]([O-])O)c4)cc3)CC2)c1. The molecule has 0 saturated carbocycles. The van der Waals surface area contributed by atoms with Crippen LogP contribution >= 0.6 is 23.7 Å². The van der Waals surface area contributed by atoms with Crippen LogP contribution in [-0.2, 0) is 6.54 Å². The maximum atomic E-state index is 13.0. The normalized spacial score (nSPS) is 13.8. The van der Waals surface area contributed by atoms with Gasteiger partial charge in [0.15, 0.2) is 5.69 Å². The van der Waals surface area contributed by atoms with Crippen molar-refractivity contribution in [2.24, 2.45) is 0 Å². The van der Waals surface area contributed by atoms with Crippen molar-refractivity contribution in [1.29, 1.82) is 0 Å². The van der Waals surface area contributed by atoms with E-state index in [1.165, 1.54) is 6.20 Å². The summed E-state index contributed by atoms with van der Waals surface area (Å²) < 4.78 is 2.83. The van der Waals surface area contributed by atoms with Crippen LogP contribution in [0.25, 0.3) is 11.1 Å². The second-order valence-corrected chi connectivity index (χ2v) is 13.9. The Bertz CT molecular complexity index is 1940. The molecule has 6 rings (SSSR count). The molecular weight excluding hydrogens is 685 g/mol. The van der Waals surface area contributed by atoms with Gasteiger partial charge in [-0.1, -0.05) is 42.5 Å². The van der Waals surface area contributed by atoms with Crippen LogP contribution in [0.2, 0.25) is 0 Å². The standard InChI is InChI=1S/C38H38N6O5S2/c45-37(41-51-33-14-15-35(36(23-33)44(48)49)40-16-21-50-32-7-2-1-3-8-32)27-10-12-31(13-11-27)43-19-17-42(18-20-43)26-28-6-4-5-9-34(28)29-22-30(38(46)47)25-39-24-29/h1-15,22-25,40,44,48H,16-21,26H2,(H,41,45)(H,46,47). The Balaban J connectivity index is 0.982. The molecule has 1 atom stereocenters. The van der Waals surface area contributed by atoms with E-state index in [9.17, 15) is 25.1 Å². The zero-order valence-electron chi connectivity index (χ0n) is 27.7. The van der Waals surface area contributed by atoms with Gasteiger partial charge in [-0.3, -0.25) is 19.4 Å². The molecule has 11 nitrogen and oxygen atoms in total. The average molecular weight is 723 g/mol. The van der Waals surface area contributed by atoms with E-state index in [0.717, 1.165) is 77.7 Å². The number of carbonyl (C=O) groups excluding carboxylic acids is 1. The lowest BCUT2D eigenvalue weighted by atomic mass is 9.99. The number of piperazine rings is 1. The summed E-state index contributed by atoms with van der Waals surface area (Å²) in [5, 5.41) is 33.4. The van der Waals surface area contributed by atoms with Crippen LogP contribution < -0.4 is 20.2 Å². The molecule has 13 heteroatoms. The number of thioether (sulfide) groups is 1. The number of nitrogens with zero attached hydrogens (tertiary/aromatic N) is 3. The van der Waals surface area contributed by atoms with Crippen molar-refractivity contribution in [3.05, 3.63) is 137 Å². The number of carboxylic acids is 1. The number of carboxylic acid groups (broad SMARTS) is 1. The molecule has 5 aromatic rings. The van der Waals surface area contributed by atoms with E-state index >= 15 is 0 Å².